The van der Waals surface area contributed by atoms with Gasteiger partial charge in [-0.3, -0.25) is 0 Å². The predicted molar refractivity (Wildman–Crippen MR) is 89.5 cm³/mol. The molecule has 22 heavy (non-hydrogen) atoms. The van der Waals surface area contributed by atoms with Crippen molar-refractivity contribution in [3.05, 3.63) is 59.1 Å². The number of nitrogens with one attached hydrogen (secondary N) is 2. The van der Waals surface area contributed by atoms with Crippen LogP contribution in [0.3, 0.4) is 0 Å². The first-order valence-electron chi connectivity index (χ1n) is 7.09. The number of rotatable bonds is 5. The summed E-state index contributed by atoms with van der Waals surface area (Å²) in [4.78, 5) is 11.9. The number of anilines is 1. The fourth-order valence-corrected chi connectivity index (χ4v) is 2.08. The smallest absolute Gasteiger partial charge is 0.319 e. The molecule has 2 aromatic rings. The van der Waals surface area contributed by atoms with E-state index in [0.717, 1.165) is 11.3 Å². The molecule has 0 saturated heterocycles. The normalized spacial score (nSPS) is 10.4. The summed E-state index contributed by atoms with van der Waals surface area (Å²) in [6.07, 6.45) is 0.123. The Kier molecular flexibility index (Phi) is 5.67. The minimum Gasteiger partial charge on any atom is -0.491 e. The van der Waals surface area contributed by atoms with Gasteiger partial charge in [-0.25, -0.2) is 4.79 Å². The molecule has 2 rings (SSSR count). The Bertz CT molecular complexity index is 627. The number of benzene rings is 2. The number of hydrogen-bond donors (Lipinski definition) is 2. The highest BCUT2D eigenvalue weighted by Crippen LogP contribution is 2.17. The Morgan fingerprint density at radius 2 is 1.82 bits per heavy atom. The number of ether oxygens (including phenoxy) is 1. The second-order valence-electron chi connectivity index (χ2n) is 5.09. The van der Waals surface area contributed by atoms with E-state index >= 15 is 0 Å². The number of carbonyl (C=O) groups excluding carboxylic acids is 1. The van der Waals surface area contributed by atoms with Crippen molar-refractivity contribution < 1.29 is 9.53 Å². The Balaban J connectivity index is 1.85. The molecule has 0 spiro atoms. The highest BCUT2D eigenvalue weighted by atomic mass is 35.5. The minimum absolute atomic E-state index is 0.123. The van der Waals surface area contributed by atoms with Gasteiger partial charge in [-0.1, -0.05) is 29.8 Å². The van der Waals surface area contributed by atoms with Gasteiger partial charge in [0, 0.05) is 17.3 Å². The third-order valence-electron chi connectivity index (χ3n) is 2.88. The Morgan fingerprint density at radius 3 is 2.45 bits per heavy atom. The van der Waals surface area contributed by atoms with E-state index in [0.29, 0.717) is 17.3 Å². The molecule has 0 aliphatic rings. The molecular weight excluding hydrogens is 300 g/mol. The molecule has 0 aromatic heterocycles. The lowest BCUT2D eigenvalue weighted by molar-refractivity contribution is 0.242. The molecule has 0 fully saturated rings. The molecule has 0 atom stereocenters. The van der Waals surface area contributed by atoms with Gasteiger partial charge in [0.25, 0.3) is 0 Å². The van der Waals surface area contributed by atoms with E-state index in [1.54, 1.807) is 18.2 Å². The van der Waals surface area contributed by atoms with E-state index in [9.17, 15) is 4.79 Å². The van der Waals surface area contributed by atoms with E-state index in [2.05, 4.69) is 10.6 Å². The van der Waals surface area contributed by atoms with Crippen LogP contribution < -0.4 is 15.4 Å². The van der Waals surface area contributed by atoms with Gasteiger partial charge in [0.05, 0.1) is 6.10 Å². The van der Waals surface area contributed by atoms with Crippen LogP contribution in [-0.4, -0.2) is 12.1 Å². The molecule has 0 saturated carbocycles. The molecule has 0 heterocycles. The molecule has 2 aromatic carbocycles. The average Bonchev–Trinajstić information content (AvgIpc) is 2.48. The zero-order chi connectivity index (χ0) is 15.9. The third-order valence-corrected chi connectivity index (χ3v) is 3.25. The summed E-state index contributed by atoms with van der Waals surface area (Å²) in [5.74, 6) is 0.775. The first-order valence-corrected chi connectivity index (χ1v) is 7.47. The van der Waals surface area contributed by atoms with E-state index in [1.807, 2.05) is 44.2 Å². The molecule has 5 heteroatoms. The summed E-state index contributed by atoms with van der Waals surface area (Å²) in [5.41, 5.74) is 1.58. The first-order chi connectivity index (χ1) is 10.5. The number of carbonyl (C=O) groups is 1. The molecule has 0 bridgehead atoms. The van der Waals surface area contributed by atoms with Crippen LogP contribution in [0.5, 0.6) is 5.75 Å². The van der Waals surface area contributed by atoms with Crippen LogP contribution in [0, 0.1) is 0 Å². The first kappa shape index (κ1) is 16.2. The van der Waals surface area contributed by atoms with Crippen LogP contribution in [0.2, 0.25) is 5.02 Å². The van der Waals surface area contributed by atoms with E-state index in [4.69, 9.17) is 16.3 Å². The Morgan fingerprint density at radius 1 is 1.14 bits per heavy atom. The van der Waals surface area contributed by atoms with E-state index < -0.39 is 0 Å². The summed E-state index contributed by atoms with van der Waals surface area (Å²) in [6, 6.07) is 14.4. The number of urea groups is 1. The average molecular weight is 319 g/mol. The summed E-state index contributed by atoms with van der Waals surface area (Å²) < 4.78 is 5.55. The van der Waals surface area contributed by atoms with Gasteiger partial charge >= 0.3 is 6.03 Å². The third kappa shape index (κ3) is 4.97. The second-order valence-corrected chi connectivity index (χ2v) is 5.50. The van der Waals surface area contributed by atoms with Crippen molar-refractivity contribution in [2.75, 3.05) is 5.32 Å². The zero-order valence-electron chi connectivity index (χ0n) is 12.6. The molecule has 2 N–H and O–H groups in total. The standard InChI is InChI=1S/C17H19ClN2O2/c1-12(2)22-15-9-7-14(8-10-15)20-17(21)19-11-13-5-3-4-6-16(13)18/h3-10,12H,11H2,1-2H3,(H2,19,20,21). The summed E-state index contributed by atoms with van der Waals surface area (Å²) in [7, 11) is 0. The van der Waals surface area contributed by atoms with E-state index in [1.165, 1.54) is 0 Å². The van der Waals surface area contributed by atoms with Crippen LogP contribution in [0.15, 0.2) is 48.5 Å². The highest BCUT2D eigenvalue weighted by Gasteiger charge is 2.04. The molecular formula is C17H19ClN2O2. The molecule has 0 aliphatic heterocycles. The predicted octanol–water partition coefficient (Wildman–Crippen LogP) is 4.45. The lowest BCUT2D eigenvalue weighted by Gasteiger charge is -2.11. The van der Waals surface area contributed by atoms with Crippen LogP contribution >= 0.6 is 11.6 Å². The maximum absolute atomic E-state index is 11.9. The van der Waals surface area contributed by atoms with Gasteiger partial charge in [-0.2, -0.15) is 0 Å². The van der Waals surface area contributed by atoms with Crippen LogP contribution in [0.1, 0.15) is 19.4 Å². The molecule has 4 nitrogen and oxygen atoms in total. The maximum Gasteiger partial charge on any atom is 0.319 e. The van der Waals surface area contributed by atoms with Gasteiger partial charge in [0.1, 0.15) is 5.75 Å². The van der Waals surface area contributed by atoms with Crippen molar-refractivity contribution in [1.82, 2.24) is 5.32 Å². The summed E-state index contributed by atoms with van der Waals surface area (Å²) in [6.45, 7) is 4.31. The van der Waals surface area contributed by atoms with Crippen LogP contribution in [0.25, 0.3) is 0 Å². The quantitative estimate of drug-likeness (QED) is 0.855. The number of amides is 2. The largest absolute Gasteiger partial charge is 0.491 e. The minimum atomic E-state index is -0.280. The maximum atomic E-state index is 11.9. The lowest BCUT2D eigenvalue weighted by Crippen LogP contribution is -2.28. The number of hydrogen-bond acceptors (Lipinski definition) is 2. The lowest BCUT2D eigenvalue weighted by atomic mass is 10.2. The molecule has 116 valence electrons. The molecule has 0 radical (unpaired) electrons. The van der Waals surface area contributed by atoms with Crippen molar-refractivity contribution >= 4 is 23.3 Å². The fraction of sp³-hybridized carbons (Fsp3) is 0.235. The van der Waals surface area contributed by atoms with Gasteiger partial charge in [-0.15, -0.1) is 0 Å². The SMILES string of the molecule is CC(C)Oc1ccc(NC(=O)NCc2ccccc2Cl)cc1. The van der Waals surface area contributed by atoms with E-state index in [-0.39, 0.29) is 12.1 Å². The zero-order valence-corrected chi connectivity index (χ0v) is 13.4. The fourth-order valence-electron chi connectivity index (χ4n) is 1.88. The molecule has 0 unspecified atom stereocenters. The van der Waals surface area contributed by atoms with Crippen molar-refractivity contribution in [2.45, 2.75) is 26.5 Å². The van der Waals surface area contributed by atoms with Gasteiger partial charge < -0.3 is 15.4 Å². The van der Waals surface area contributed by atoms with Crippen molar-refractivity contribution in [2.24, 2.45) is 0 Å². The van der Waals surface area contributed by atoms with Crippen molar-refractivity contribution in [3.63, 3.8) is 0 Å². The van der Waals surface area contributed by atoms with Crippen molar-refractivity contribution in [3.8, 4) is 5.75 Å². The monoisotopic (exact) mass is 318 g/mol. The molecule has 0 aliphatic carbocycles. The Hall–Kier alpha value is -2.20. The Labute approximate surface area is 135 Å². The van der Waals surface area contributed by atoms with Crippen LogP contribution in [-0.2, 0) is 6.54 Å². The topological polar surface area (TPSA) is 50.4 Å². The second kappa shape index (κ2) is 7.71. The number of halogens is 1. The summed E-state index contributed by atoms with van der Waals surface area (Å²) >= 11 is 6.04. The summed E-state index contributed by atoms with van der Waals surface area (Å²) in [5, 5.41) is 6.17. The van der Waals surface area contributed by atoms with Gasteiger partial charge in [0.15, 0.2) is 0 Å². The van der Waals surface area contributed by atoms with Crippen LogP contribution in [0.4, 0.5) is 10.5 Å². The van der Waals surface area contributed by atoms with Gasteiger partial charge in [0.2, 0.25) is 0 Å². The highest BCUT2D eigenvalue weighted by molar-refractivity contribution is 6.31. The van der Waals surface area contributed by atoms with Crippen molar-refractivity contribution in [1.29, 1.82) is 0 Å². The van der Waals surface area contributed by atoms with Gasteiger partial charge in [-0.05, 0) is 49.7 Å². The molecule has 2 amide bonds.